The standard InChI is InChI=1S/C17H36N2/c1-8-11-18-15-9-10-17(5,6)12-16(15)19(7)14(4)13(2)3/h13-16,18H,8-12H2,1-7H3. The van der Waals surface area contributed by atoms with Gasteiger partial charge in [-0.25, -0.2) is 0 Å². The second kappa shape index (κ2) is 7.08. The molecular formula is C17H36N2. The van der Waals surface area contributed by atoms with Crippen LogP contribution in [0.15, 0.2) is 0 Å². The van der Waals surface area contributed by atoms with Crippen LogP contribution in [0.4, 0.5) is 0 Å². The second-order valence-corrected chi connectivity index (χ2v) is 7.69. The summed E-state index contributed by atoms with van der Waals surface area (Å²) in [5.74, 6) is 0.724. The highest BCUT2D eigenvalue weighted by atomic mass is 15.2. The number of nitrogens with zero attached hydrogens (tertiary/aromatic N) is 1. The Morgan fingerprint density at radius 2 is 1.89 bits per heavy atom. The molecule has 0 aliphatic heterocycles. The first-order chi connectivity index (χ1) is 8.78. The normalized spacial score (nSPS) is 28.9. The summed E-state index contributed by atoms with van der Waals surface area (Å²) in [6, 6.07) is 2.02. The molecule has 0 spiro atoms. The molecule has 2 heteroatoms. The fourth-order valence-electron chi connectivity index (χ4n) is 3.32. The van der Waals surface area contributed by atoms with Crippen molar-refractivity contribution < 1.29 is 0 Å². The molecule has 0 heterocycles. The largest absolute Gasteiger partial charge is 0.312 e. The Bertz CT molecular complexity index is 260. The van der Waals surface area contributed by atoms with Crippen LogP contribution in [0, 0.1) is 11.3 Å². The van der Waals surface area contributed by atoms with Crippen LogP contribution >= 0.6 is 0 Å². The van der Waals surface area contributed by atoms with Crippen LogP contribution in [0.2, 0.25) is 0 Å². The summed E-state index contributed by atoms with van der Waals surface area (Å²) >= 11 is 0. The molecule has 0 aromatic carbocycles. The van der Waals surface area contributed by atoms with Gasteiger partial charge in [0.25, 0.3) is 0 Å². The van der Waals surface area contributed by atoms with Crippen LogP contribution in [0.1, 0.15) is 67.2 Å². The minimum atomic E-state index is 0.500. The lowest BCUT2D eigenvalue weighted by molar-refractivity contribution is 0.0465. The molecular weight excluding hydrogens is 232 g/mol. The molecule has 1 aliphatic carbocycles. The van der Waals surface area contributed by atoms with E-state index in [2.05, 4.69) is 58.8 Å². The summed E-state index contributed by atoms with van der Waals surface area (Å²) in [7, 11) is 2.33. The lowest BCUT2D eigenvalue weighted by atomic mass is 9.72. The zero-order chi connectivity index (χ0) is 14.6. The van der Waals surface area contributed by atoms with Crippen molar-refractivity contribution in [1.29, 1.82) is 0 Å². The molecule has 2 nitrogen and oxygen atoms in total. The molecule has 1 saturated carbocycles. The Kier molecular flexibility index (Phi) is 6.32. The van der Waals surface area contributed by atoms with E-state index in [0.29, 0.717) is 23.5 Å². The zero-order valence-corrected chi connectivity index (χ0v) is 14.3. The minimum absolute atomic E-state index is 0.500. The fourth-order valence-corrected chi connectivity index (χ4v) is 3.32. The molecule has 19 heavy (non-hydrogen) atoms. The third-order valence-electron chi connectivity index (χ3n) is 5.15. The summed E-state index contributed by atoms with van der Waals surface area (Å²) in [5.41, 5.74) is 0.500. The summed E-state index contributed by atoms with van der Waals surface area (Å²) < 4.78 is 0. The van der Waals surface area contributed by atoms with E-state index in [4.69, 9.17) is 0 Å². The Balaban J connectivity index is 2.75. The van der Waals surface area contributed by atoms with E-state index in [1.807, 2.05) is 0 Å². The average molecular weight is 268 g/mol. The third kappa shape index (κ3) is 4.75. The quantitative estimate of drug-likeness (QED) is 0.786. The molecule has 1 rings (SSSR count). The SMILES string of the molecule is CCCNC1CCC(C)(C)CC1N(C)C(C)C(C)C. The first-order valence-corrected chi connectivity index (χ1v) is 8.24. The van der Waals surface area contributed by atoms with Gasteiger partial charge in [-0.2, -0.15) is 0 Å². The molecule has 1 fully saturated rings. The maximum atomic E-state index is 3.79. The predicted octanol–water partition coefficient (Wildman–Crippen LogP) is 3.91. The molecule has 3 unspecified atom stereocenters. The van der Waals surface area contributed by atoms with Crippen LogP contribution in [0.25, 0.3) is 0 Å². The van der Waals surface area contributed by atoms with Crippen molar-refractivity contribution in [3.63, 3.8) is 0 Å². The number of hydrogen-bond acceptors (Lipinski definition) is 2. The average Bonchev–Trinajstić information content (AvgIpc) is 2.34. The summed E-state index contributed by atoms with van der Waals surface area (Å²) in [6.07, 6.45) is 5.24. The molecule has 0 aromatic heterocycles. The molecule has 3 atom stereocenters. The van der Waals surface area contributed by atoms with E-state index in [9.17, 15) is 0 Å². The van der Waals surface area contributed by atoms with Gasteiger partial charge in [0.15, 0.2) is 0 Å². The smallest absolute Gasteiger partial charge is 0.0254 e. The summed E-state index contributed by atoms with van der Waals surface area (Å²) in [6.45, 7) is 15.3. The highest BCUT2D eigenvalue weighted by Crippen LogP contribution is 2.38. The Morgan fingerprint density at radius 3 is 2.42 bits per heavy atom. The molecule has 0 radical (unpaired) electrons. The molecule has 0 aromatic rings. The molecule has 0 bridgehead atoms. The van der Waals surface area contributed by atoms with Gasteiger partial charge in [-0.15, -0.1) is 0 Å². The topological polar surface area (TPSA) is 15.3 Å². The molecule has 114 valence electrons. The van der Waals surface area contributed by atoms with Crippen LogP contribution in [0.5, 0.6) is 0 Å². The Morgan fingerprint density at radius 1 is 1.26 bits per heavy atom. The van der Waals surface area contributed by atoms with Gasteiger partial charge in [0, 0.05) is 18.1 Å². The first kappa shape index (κ1) is 17.0. The van der Waals surface area contributed by atoms with E-state index >= 15 is 0 Å². The number of nitrogens with one attached hydrogen (secondary N) is 1. The fraction of sp³-hybridized carbons (Fsp3) is 1.00. The highest BCUT2D eigenvalue weighted by molar-refractivity contribution is 4.95. The Hall–Kier alpha value is -0.0800. The first-order valence-electron chi connectivity index (χ1n) is 8.24. The van der Waals surface area contributed by atoms with E-state index in [0.717, 1.165) is 12.5 Å². The van der Waals surface area contributed by atoms with Gasteiger partial charge < -0.3 is 5.32 Å². The second-order valence-electron chi connectivity index (χ2n) is 7.69. The van der Waals surface area contributed by atoms with Gasteiger partial charge in [0.2, 0.25) is 0 Å². The van der Waals surface area contributed by atoms with E-state index in [1.54, 1.807) is 0 Å². The van der Waals surface area contributed by atoms with E-state index in [-0.39, 0.29) is 0 Å². The minimum Gasteiger partial charge on any atom is -0.312 e. The number of hydrogen-bond donors (Lipinski definition) is 1. The van der Waals surface area contributed by atoms with Crippen LogP contribution in [-0.4, -0.2) is 36.6 Å². The monoisotopic (exact) mass is 268 g/mol. The molecule has 0 saturated heterocycles. The molecule has 1 N–H and O–H groups in total. The predicted molar refractivity (Wildman–Crippen MR) is 85.6 cm³/mol. The van der Waals surface area contributed by atoms with Crippen LogP contribution < -0.4 is 5.32 Å². The van der Waals surface area contributed by atoms with Crippen molar-refractivity contribution in [2.24, 2.45) is 11.3 Å². The van der Waals surface area contributed by atoms with Gasteiger partial charge >= 0.3 is 0 Å². The summed E-state index contributed by atoms with van der Waals surface area (Å²) in [4.78, 5) is 2.64. The van der Waals surface area contributed by atoms with Crippen molar-refractivity contribution >= 4 is 0 Å². The van der Waals surface area contributed by atoms with E-state index < -0.39 is 0 Å². The highest BCUT2D eigenvalue weighted by Gasteiger charge is 2.38. The maximum absolute atomic E-state index is 3.79. The van der Waals surface area contributed by atoms with Crippen LogP contribution in [-0.2, 0) is 0 Å². The van der Waals surface area contributed by atoms with E-state index in [1.165, 1.54) is 25.7 Å². The van der Waals surface area contributed by atoms with Crippen molar-refractivity contribution in [1.82, 2.24) is 10.2 Å². The van der Waals surface area contributed by atoms with Gasteiger partial charge in [0.1, 0.15) is 0 Å². The van der Waals surface area contributed by atoms with Crippen LogP contribution in [0.3, 0.4) is 0 Å². The lowest BCUT2D eigenvalue weighted by Crippen LogP contribution is -2.56. The zero-order valence-electron chi connectivity index (χ0n) is 14.3. The van der Waals surface area contributed by atoms with Gasteiger partial charge in [-0.05, 0) is 57.5 Å². The lowest BCUT2D eigenvalue weighted by Gasteiger charge is -2.47. The van der Waals surface area contributed by atoms with Crippen molar-refractivity contribution in [2.45, 2.75) is 85.4 Å². The molecule has 0 amide bonds. The van der Waals surface area contributed by atoms with Crippen molar-refractivity contribution in [2.75, 3.05) is 13.6 Å². The Labute approximate surface area is 121 Å². The third-order valence-corrected chi connectivity index (χ3v) is 5.15. The van der Waals surface area contributed by atoms with Crippen molar-refractivity contribution in [3.05, 3.63) is 0 Å². The molecule has 1 aliphatic rings. The number of likely N-dealkylation sites (N-methyl/N-ethyl adjacent to an activating group) is 1. The number of rotatable bonds is 6. The summed E-state index contributed by atoms with van der Waals surface area (Å²) in [5, 5.41) is 3.79. The van der Waals surface area contributed by atoms with Gasteiger partial charge in [0.05, 0.1) is 0 Å². The van der Waals surface area contributed by atoms with Crippen molar-refractivity contribution in [3.8, 4) is 0 Å². The van der Waals surface area contributed by atoms with Gasteiger partial charge in [-0.3, -0.25) is 4.90 Å². The maximum Gasteiger partial charge on any atom is 0.0254 e. The van der Waals surface area contributed by atoms with Gasteiger partial charge in [-0.1, -0.05) is 34.6 Å².